The van der Waals surface area contributed by atoms with Gasteiger partial charge >= 0.3 is 0 Å². The molecule has 2 aromatic carbocycles. The summed E-state index contributed by atoms with van der Waals surface area (Å²) >= 11 is 0. The highest BCUT2D eigenvalue weighted by Crippen LogP contribution is 2.38. The Morgan fingerprint density at radius 3 is 2.76 bits per heavy atom. The van der Waals surface area contributed by atoms with E-state index >= 15 is 0 Å². The van der Waals surface area contributed by atoms with Gasteiger partial charge in [-0.2, -0.15) is 9.97 Å². The molecule has 0 bridgehead atoms. The maximum absolute atomic E-state index is 12.8. The number of aryl methyl sites for hydroxylation is 1. The quantitative estimate of drug-likeness (QED) is 0.216. The number of H-pyrrole nitrogens is 1. The number of rotatable bonds is 8. The van der Waals surface area contributed by atoms with Gasteiger partial charge in [0.05, 0.1) is 30.8 Å². The number of anilines is 2. The number of oxazole rings is 1. The molecule has 1 atom stereocenters. The van der Waals surface area contributed by atoms with Crippen LogP contribution in [0.4, 0.5) is 11.6 Å². The first-order valence-electron chi connectivity index (χ1n) is 14.3. The van der Waals surface area contributed by atoms with Crippen LogP contribution in [-0.2, 0) is 4.74 Å². The molecule has 1 saturated carbocycles. The van der Waals surface area contributed by atoms with Crippen molar-refractivity contribution in [2.45, 2.75) is 51.2 Å². The number of nitrogens with one attached hydrogen (secondary N) is 3. The van der Waals surface area contributed by atoms with Crippen LogP contribution in [0.2, 0.25) is 0 Å². The van der Waals surface area contributed by atoms with E-state index < -0.39 is 0 Å². The van der Waals surface area contributed by atoms with E-state index in [4.69, 9.17) is 28.6 Å². The molecule has 11 heteroatoms. The first kappa shape index (κ1) is 26.3. The molecule has 216 valence electrons. The Bertz CT molecular complexity index is 1770. The summed E-state index contributed by atoms with van der Waals surface area (Å²) in [5.74, 6) is 1.81. The molecule has 1 aliphatic heterocycles. The smallest absolute Gasteiger partial charge is 0.251 e. The highest BCUT2D eigenvalue weighted by atomic mass is 16.5. The number of hydrogen-bond donors (Lipinski definition) is 3. The number of carbonyl (C=O) groups is 1. The molecule has 0 spiro atoms. The van der Waals surface area contributed by atoms with Gasteiger partial charge in [-0.1, -0.05) is 6.07 Å². The van der Waals surface area contributed by atoms with Gasteiger partial charge < -0.3 is 34.2 Å². The number of ether oxygens (including phenoxy) is 3. The molecule has 2 aliphatic rings. The van der Waals surface area contributed by atoms with Crippen LogP contribution in [0.15, 0.2) is 47.0 Å². The van der Waals surface area contributed by atoms with E-state index in [2.05, 4.69) is 20.6 Å². The maximum Gasteiger partial charge on any atom is 0.251 e. The van der Waals surface area contributed by atoms with Gasteiger partial charge in [0.2, 0.25) is 11.8 Å². The highest BCUT2D eigenvalue weighted by Gasteiger charge is 2.24. The Morgan fingerprint density at radius 2 is 1.95 bits per heavy atom. The van der Waals surface area contributed by atoms with Crippen molar-refractivity contribution >= 4 is 39.7 Å². The summed E-state index contributed by atoms with van der Waals surface area (Å²) in [4.78, 5) is 30.1. The molecule has 42 heavy (non-hydrogen) atoms. The average molecular weight is 569 g/mol. The van der Waals surface area contributed by atoms with Gasteiger partial charge in [0.1, 0.15) is 23.0 Å². The third-order valence-corrected chi connectivity index (χ3v) is 7.86. The Kier molecular flexibility index (Phi) is 6.87. The molecule has 7 rings (SSSR count). The zero-order valence-corrected chi connectivity index (χ0v) is 23.5. The van der Waals surface area contributed by atoms with E-state index in [9.17, 15) is 4.79 Å². The number of amides is 1. The summed E-state index contributed by atoms with van der Waals surface area (Å²) < 4.78 is 23.3. The monoisotopic (exact) mass is 568 g/mol. The molecule has 3 N–H and O–H groups in total. The van der Waals surface area contributed by atoms with Gasteiger partial charge in [-0.15, -0.1) is 0 Å². The van der Waals surface area contributed by atoms with Crippen LogP contribution in [0.25, 0.3) is 33.3 Å². The van der Waals surface area contributed by atoms with Crippen LogP contribution in [0.3, 0.4) is 0 Å². The summed E-state index contributed by atoms with van der Waals surface area (Å²) in [7, 11) is 1.57. The normalized spacial score (nSPS) is 17.2. The van der Waals surface area contributed by atoms with E-state index in [0.717, 1.165) is 59.7 Å². The van der Waals surface area contributed by atoms with Crippen LogP contribution in [0.1, 0.15) is 48.4 Å². The molecule has 1 aliphatic carbocycles. The molecule has 1 unspecified atom stereocenters. The average Bonchev–Trinajstić information content (AvgIpc) is 3.80. The molecular weight excluding hydrogens is 536 g/mol. The summed E-state index contributed by atoms with van der Waals surface area (Å²) in [5.41, 5.74) is 5.16. The zero-order chi connectivity index (χ0) is 28.6. The maximum atomic E-state index is 12.8. The van der Waals surface area contributed by atoms with Crippen LogP contribution in [0.5, 0.6) is 11.6 Å². The number of fused-ring (bicyclic) bond motifs is 2. The summed E-state index contributed by atoms with van der Waals surface area (Å²) in [6.45, 7) is 3.03. The van der Waals surface area contributed by atoms with Gasteiger partial charge in [-0.3, -0.25) is 4.79 Å². The first-order valence-corrected chi connectivity index (χ1v) is 14.3. The molecule has 5 aromatic rings. The SMILES string of the molecule is COc1cc(C(=O)NC2CCOC2)ccc1Nc1nc(OC2CCCC2)c2c(-c3ccc4nc(C)oc4c3)c[nH]c2n1. The van der Waals surface area contributed by atoms with E-state index in [1.54, 1.807) is 25.3 Å². The van der Waals surface area contributed by atoms with Crippen molar-refractivity contribution in [2.24, 2.45) is 0 Å². The fraction of sp³-hybridized carbons (Fsp3) is 0.355. The van der Waals surface area contributed by atoms with Crippen molar-refractivity contribution < 1.29 is 23.4 Å². The van der Waals surface area contributed by atoms with Gasteiger partial charge in [-0.25, -0.2) is 4.98 Å². The second-order valence-corrected chi connectivity index (χ2v) is 10.8. The highest BCUT2D eigenvalue weighted by molar-refractivity contribution is 5.99. The van der Waals surface area contributed by atoms with Crippen LogP contribution in [-0.4, -0.2) is 58.3 Å². The largest absolute Gasteiger partial charge is 0.495 e. The number of nitrogens with zero attached hydrogens (tertiary/aromatic N) is 3. The molecule has 4 heterocycles. The van der Waals surface area contributed by atoms with Crippen molar-refractivity contribution in [2.75, 3.05) is 25.6 Å². The fourth-order valence-electron chi connectivity index (χ4n) is 5.71. The number of carbonyl (C=O) groups excluding carboxylic acids is 1. The minimum atomic E-state index is -0.169. The van der Waals surface area contributed by atoms with E-state index in [1.165, 1.54) is 0 Å². The van der Waals surface area contributed by atoms with Crippen molar-refractivity contribution in [1.82, 2.24) is 25.3 Å². The molecule has 11 nitrogen and oxygen atoms in total. The predicted octanol–water partition coefficient (Wildman–Crippen LogP) is 5.67. The fourth-order valence-corrected chi connectivity index (χ4v) is 5.71. The number of methoxy groups -OCH3 is 1. The van der Waals surface area contributed by atoms with Gasteiger partial charge in [0, 0.05) is 30.9 Å². The van der Waals surface area contributed by atoms with Crippen LogP contribution < -0.4 is 20.1 Å². The third kappa shape index (κ3) is 5.11. The van der Waals surface area contributed by atoms with E-state index in [-0.39, 0.29) is 18.1 Å². The molecule has 3 aromatic heterocycles. The van der Waals surface area contributed by atoms with Gasteiger partial charge in [0.15, 0.2) is 11.5 Å². The van der Waals surface area contributed by atoms with Crippen LogP contribution >= 0.6 is 0 Å². The molecule has 2 fully saturated rings. The summed E-state index contributed by atoms with van der Waals surface area (Å²) in [6.07, 6.45) is 7.06. The number of benzene rings is 2. The summed E-state index contributed by atoms with van der Waals surface area (Å²) in [5, 5.41) is 7.09. The predicted molar refractivity (Wildman–Crippen MR) is 157 cm³/mol. The Labute approximate surface area is 242 Å². The molecular formula is C31H32N6O5. The Morgan fingerprint density at radius 1 is 1.07 bits per heavy atom. The molecule has 1 amide bonds. The first-order chi connectivity index (χ1) is 20.5. The minimum absolute atomic E-state index is 0.0205. The van der Waals surface area contributed by atoms with E-state index in [0.29, 0.717) is 53.6 Å². The lowest BCUT2D eigenvalue weighted by molar-refractivity contribution is 0.0929. The van der Waals surface area contributed by atoms with Gasteiger partial charge in [0.25, 0.3) is 5.91 Å². The van der Waals surface area contributed by atoms with Crippen molar-refractivity contribution in [3.05, 3.63) is 54.0 Å². The minimum Gasteiger partial charge on any atom is -0.495 e. The number of aromatic amines is 1. The number of aromatic nitrogens is 4. The Balaban J connectivity index is 1.22. The summed E-state index contributed by atoms with van der Waals surface area (Å²) in [6, 6.07) is 11.2. The van der Waals surface area contributed by atoms with Crippen molar-refractivity contribution in [3.8, 4) is 22.8 Å². The van der Waals surface area contributed by atoms with E-state index in [1.807, 2.05) is 31.3 Å². The topological polar surface area (TPSA) is 136 Å². The lowest BCUT2D eigenvalue weighted by atomic mass is 10.1. The standard InChI is InChI=1S/C31H32N6O5/c1-17-33-24-9-7-18(13-26(24)41-17)22-15-32-28-27(22)30(42-21-5-3-4-6-21)37-31(36-28)35-23-10-8-19(14-25(23)39-2)29(38)34-20-11-12-40-16-20/h7-10,13-15,20-21H,3-6,11-12,16H2,1-2H3,(H,34,38)(H2,32,35,36,37). The van der Waals surface area contributed by atoms with Gasteiger partial charge in [-0.05, 0) is 68.0 Å². The Hall–Kier alpha value is -4.64. The molecule has 1 saturated heterocycles. The van der Waals surface area contributed by atoms with Crippen LogP contribution in [0, 0.1) is 6.92 Å². The van der Waals surface area contributed by atoms with Crippen molar-refractivity contribution in [3.63, 3.8) is 0 Å². The lowest BCUT2D eigenvalue weighted by Crippen LogP contribution is -2.34. The van der Waals surface area contributed by atoms with Crippen molar-refractivity contribution in [1.29, 1.82) is 0 Å². The second-order valence-electron chi connectivity index (χ2n) is 10.8. The lowest BCUT2D eigenvalue weighted by Gasteiger charge is -2.16. The number of hydrogen-bond acceptors (Lipinski definition) is 9. The molecule has 0 radical (unpaired) electrons. The second kappa shape index (κ2) is 11.0. The zero-order valence-electron chi connectivity index (χ0n) is 23.5. The third-order valence-electron chi connectivity index (χ3n) is 7.86.